The lowest BCUT2D eigenvalue weighted by Crippen LogP contribution is -2.16. The number of aromatic nitrogens is 2. The van der Waals surface area contributed by atoms with Gasteiger partial charge >= 0.3 is 0 Å². The van der Waals surface area contributed by atoms with Gasteiger partial charge < -0.3 is 0 Å². The van der Waals surface area contributed by atoms with E-state index >= 15 is 0 Å². The molecule has 0 spiro atoms. The normalized spacial score (nSPS) is 15.4. The summed E-state index contributed by atoms with van der Waals surface area (Å²) in [7, 11) is 0. The van der Waals surface area contributed by atoms with Crippen molar-refractivity contribution in [2.45, 2.75) is 0 Å². The molecule has 1 aliphatic rings. The highest BCUT2D eigenvalue weighted by Gasteiger charge is 2.22. The summed E-state index contributed by atoms with van der Waals surface area (Å²) in [4.78, 5) is 36.1. The zero-order valence-electron chi connectivity index (χ0n) is 12.4. The molecule has 0 radical (unpaired) electrons. The topological polar surface area (TPSA) is 84.3 Å². The standard InChI is InChI=1S/C16H12N4O2S2/c21-13(19-15-17-7-4-8-18-15)10-23-16-20-14(22)12(24-16)9-11-5-2-1-3-6-11/h1-9H,10H2,(H,17,18,19,21). The molecular weight excluding hydrogens is 344 g/mol. The zero-order chi connectivity index (χ0) is 16.8. The number of nitrogens with zero attached hydrogens (tertiary/aromatic N) is 3. The molecular formula is C16H12N4O2S2. The van der Waals surface area contributed by atoms with E-state index in [1.54, 1.807) is 24.5 Å². The number of nitrogens with one attached hydrogen (secondary N) is 1. The molecule has 1 aromatic heterocycles. The minimum Gasteiger partial charge on any atom is -0.294 e. The van der Waals surface area contributed by atoms with Gasteiger partial charge in [0.05, 0.1) is 10.7 Å². The van der Waals surface area contributed by atoms with Crippen molar-refractivity contribution in [1.29, 1.82) is 0 Å². The van der Waals surface area contributed by atoms with Crippen LogP contribution in [0.5, 0.6) is 0 Å². The molecule has 0 fully saturated rings. The Labute approximate surface area is 146 Å². The van der Waals surface area contributed by atoms with Crippen LogP contribution in [0.25, 0.3) is 6.08 Å². The monoisotopic (exact) mass is 356 g/mol. The number of carbonyl (C=O) groups excluding carboxylic acids is 2. The Bertz CT molecular complexity index is 807. The molecule has 8 heteroatoms. The van der Waals surface area contributed by atoms with Gasteiger partial charge in [-0.2, -0.15) is 4.99 Å². The maximum atomic E-state index is 11.9. The van der Waals surface area contributed by atoms with Gasteiger partial charge in [-0.15, -0.1) is 0 Å². The molecule has 6 nitrogen and oxygen atoms in total. The number of hydrogen-bond donors (Lipinski definition) is 1. The van der Waals surface area contributed by atoms with Gasteiger partial charge in [0.15, 0.2) is 0 Å². The summed E-state index contributed by atoms with van der Waals surface area (Å²) in [6.45, 7) is 0. The third kappa shape index (κ3) is 4.53. The second kappa shape index (κ2) is 7.89. The summed E-state index contributed by atoms with van der Waals surface area (Å²) in [6, 6.07) is 11.2. The predicted molar refractivity (Wildman–Crippen MR) is 97.6 cm³/mol. The first kappa shape index (κ1) is 16.4. The average molecular weight is 356 g/mol. The largest absolute Gasteiger partial charge is 0.294 e. The van der Waals surface area contributed by atoms with Crippen molar-refractivity contribution in [3.05, 3.63) is 59.3 Å². The Kier molecular flexibility index (Phi) is 5.39. The molecule has 2 amide bonds. The van der Waals surface area contributed by atoms with Gasteiger partial charge in [-0.25, -0.2) is 9.97 Å². The Balaban J connectivity index is 1.54. The molecule has 0 aliphatic carbocycles. The van der Waals surface area contributed by atoms with Gasteiger partial charge in [0, 0.05) is 12.4 Å². The van der Waals surface area contributed by atoms with E-state index in [0.717, 1.165) is 5.56 Å². The fraction of sp³-hybridized carbons (Fsp3) is 0.0625. The van der Waals surface area contributed by atoms with Crippen LogP contribution in [-0.2, 0) is 9.59 Å². The number of amides is 2. The molecule has 120 valence electrons. The predicted octanol–water partition coefficient (Wildman–Crippen LogP) is 2.82. The van der Waals surface area contributed by atoms with Crippen molar-refractivity contribution in [3.63, 3.8) is 0 Å². The molecule has 0 bridgehead atoms. The van der Waals surface area contributed by atoms with E-state index in [1.807, 2.05) is 30.3 Å². The smallest absolute Gasteiger partial charge is 0.285 e. The van der Waals surface area contributed by atoms with Crippen LogP contribution in [0.1, 0.15) is 5.56 Å². The van der Waals surface area contributed by atoms with Crippen LogP contribution < -0.4 is 5.32 Å². The van der Waals surface area contributed by atoms with E-state index in [4.69, 9.17) is 0 Å². The summed E-state index contributed by atoms with van der Waals surface area (Å²) < 4.78 is 0.561. The van der Waals surface area contributed by atoms with Crippen LogP contribution in [0.15, 0.2) is 58.7 Å². The lowest BCUT2D eigenvalue weighted by Gasteiger charge is -2.02. The van der Waals surface area contributed by atoms with E-state index in [2.05, 4.69) is 20.3 Å². The van der Waals surface area contributed by atoms with Gasteiger partial charge in [-0.05, 0) is 17.7 Å². The molecule has 1 aliphatic heterocycles. The summed E-state index contributed by atoms with van der Waals surface area (Å²) in [5, 5.41) is 2.58. The van der Waals surface area contributed by atoms with Crippen LogP contribution >= 0.6 is 23.5 Å². The third-order valence-electron chi connectivity index (χ3n) is 2.84. The Morgan fingerprint density at radius 2 is 1.92 bits per heavy atom. The van der Waals surface area contributed by atoms with Crippen LogP contribution in [0.2, 0.25) is 0 Å². The van der Waals surface area contributed by atoms with Gasteiger partial charge in [0.25, 0.3) is 5.91 Å². The van der Waals surface area contributed by atoms with Crippen molar-refractivity contribution >= 4 is 51.7 Å². The van der Waals surface area contributed by atoms with Crippen molar-refractivity contribution < 1.29 is 9.59 Å². The second-order valence-electron chi connectivity index (χ2n) is 4.61. The highest BCUT2D eigenvalue weighted by molar-refractivity contribution is 8.41. The molecule has 0 unspecified atom stereocenters. The second-order valence-corrected chi connectivity index (χ2v) is 6.87. The molecule has 0 saturated heterocycles. The fourth-order valence-corrected chi connectivity index (χ4v) is 3.60. The summed E-state index contributed by atoms with van der Waals surface area (Å²) in [6.07, 6.45) is 4.89. The summed E-state index contributed by atoms with van der Waals surface area (Å²) >= 11 is 2.49. The van der Waals surface area contributed by atoms with Crippen LogP contribution in [0.3, 0.4) is 0 Å². The first-order valence-electron chi connectivity index (χ1n) is 6.98. The molecule has 0 saturated carbocycles. The average Bonchev–Trinajstić information content (AvgIpc) is 2.95. The van der Waals surface area contributed by atoms with Crippen molar-refractivity contribution in [3.8, 4) is 0 Å². The van der Waals surface area contributed by atoms with E-state index in [1.165, 1.54) is 23.5 Å². The Hall–Kier alpha value is -2.45. The number of aliphatic imine (C=N–C) groups is 1. The van der Waals surface area contributed by atoms with E-state index < -0.39 is 0 Å². The van der Waals surface area contributed by atoms with Crippen molar-refractivity contribution in [2.75, 3.05) is 11.1 Å². The molecule has 24 heavy (non-hydrogen) atoms. The minimum atomic E-state index is -0.279. The Morgan fingerprint density at radius 1 is 1.17 bits per heavy atom. The molecule has 3 rings (SSSR count). The maximum Gasteiger partial charge on any atom is 0.285 e. The van der Waals surface area contributed by atoms with Crippen LogP contribution in [0, 0.1) is 0 Å². The fourth-order valence-electron chi connectivity index (χ4n) is 1.80. The number of rotatable bonds is 4. The quantitative estimate of drug-likeness (QED) is 0.848. The molecule has 0 atom stereocenters. The molecule has 1 aromatic carbocycles. The van der Waals surface area contributed by atoms with Crippen molar-refractivity contribution in [1.82, 2.24) is 9.97 Å². The number of hydrogen-bond acceptors (Lipinski definition) is 6. The summed E-state index contributed by atoms with van der Waals surface area (Å²) in [5.41, 5.74) is 0.939. The molecule has 2 heterocycles. The number of anilines is 1. The van der Waals surface area contributed by atoms with Gasteiger partial charge in [-0.3, -0.25) is 14.9 Å². The number of carbonyl (C=O) groups is 2. The highest BCUT2D eigenvalue weighted by atomic mass is 32.2. The van der Waals surface area contributed by atoms with Gasteiger partial charge in [-0.1, -0.05) is 53.9 Å². The SMILES string of the molecule is O=C(CSC1=NC(=O)C(=Cc2ccccc2)S1)Nc1ncccn1. The van der Waals surface area contributed by atoms with Crippen molar-refractivity contribution in [2.24, 2.45) is 4.99 Å². The zero-order valence-corrected chi connectivity index (χ0v) is 14.0. The number of thioether (sulfide) groups is 2. The lowest BCUT2D eigenvalue weighted by molar-refractivity contribution is -0.114. The summed E-state index contributed by atoms with van der Waals surface area (Å²) in [5.74, 6) is -0.138. The molecule has 1 N–H and O–H groups in total. The first-order chi connectivity index (χ1) is 11.7. The first-order valence-corrected chi connectivity index (χ1v) is 8.78. The highest BCUT2D eigenvalue weighted by Crippen LogP contribution is 2.33. The van der Waals surface area contributed by atoms with Crippen LogP contribution in [-0.4, -0.2) is 31.9 Å². The van der Waals surface area contributed by atoms with E-state index in [9.17, 15) is 9.59 Å². The van der Waals surface area contributed by atoms with E-state index in [0.29, 0.717) is 9.28 Å². The Morgan fingerprint density at radius 3 is 2.67 bits per heavy atom. The minimum absolute atomic E-state index is 0.135. The number of benzene rings is 1. The third-order valence-corrected chi connectivity index (χ3v) is 4.97. The van der Waals surface area contributed by atoms with Gasteiger partial charge in [0.1, 0.15) is 4.38 Å². The maximum absolute atomic E-state index is 11.9. The molecule has 2 aromatic rings. The van der Waals surface area contributed by atoms with Crippen LogP contribution in [0.4, 0.5) is 5.95 Å². The van der Waals surface area contributed by atoms with Gasteiger partial charge in [0.2, 0.25) is 11.9 Å². The lowest BCUT2D eigenvalue weighted by atomic mass is 10.2. The van der Waals surface area contributed by atoms with E-state index in [-0.39, 0.29) is 23.5 Å².